The third-order valence-corrected chi connectivity index (χ3v) is 2.94. The second kappa shape index (κ2) is 6.37. The molecule has 5 nitrogen and oxygen atoms in total. The molecule has 0 aliphatic carbocycles. The molecule has 6 heteroatoms. The highest BCUT2D eigenvalue weighted by molar-refractivity contribution is 6.30. The zero-order chi connectivity index (χ0) is 15.4. The molecule has 0 saturated carbocycles. The minimum Gasteiger partial charge on any atom is -0.369 e. The van der Waals surface area contributed by atoms with E-state index in [2.05, 4.69) is 9.98 Å². The summed E-state index contributed by atoms with van der Waals surface area (Å²) >= 11 is 5.79. The molecule has 0 unspecified atom stereocenters. The lowest BCUT2D eigenvalue weighted by molar-refractivity contribution is 0.0998. The number of H-pyrrole nitrogens is 1. The van der Waals surface area contributed by atoms with E-state index in [0.29, 0.717) is 16.1 Å². The van der Waals surface area contributed by atoms with Crippen molar-refractivity contribution in [2.75, 3.05) is 14.1 Å². The van der Waals surface area contributed by atoms with Crippen molar-refractivity contribution in [3.8, 4) is 0 Å². The highest BCUT2D eigenvalue weighted by atomic mass is 35.5. The summed E-state index contributed by atoms with van der Waals surface area (Å²) in [6, 6.07) is 8.07. The van der Waals surface area contributed by atoms with Crippen LogP contribution in [-0.4, -0.2) is 42.0 Å². The molecule has 0 aliphatic heterocycles. The second-order valence-electron chi connectivity index (χ2n) is 4.65. The molecule has 108 valence electrons. The summed E-state index contributed by atoms with van der Waals surface area (Å²) in [6.07, 6.45) is 2.90. The minimum atomic E-state index is -0.432. The fraction of sp³-hybridized carbons (Fsp3) is 0.133. The molecule has 1 aromatic heterocycles. The first kappa shape index (κ1) is 15.0. The van der Waals surface area contributed by atoms with E-state index in [1.54, 1.807) is 43.3 Å². The Morgan fingerprint density at radius 2 is 1.86 bits per heavy atom. The van der Waals surface area contributed by atoms with Gasteiger partial charge in [-0.1, -0.05) is 11.6 Å². The molecular weight excluding hydrogens is 290 g/mol. The Morgan fingerprint density at radius 1 is 1.19 bits per heavy atom. The highest BCUT2D eigenvalue weighted by Crippen LogP contribution is 2.15. The summed E-state index contributed by atoms with van der Waals surface area (Å²) in [5, 5.41) is 0.564. The van der Waals surface area contributed by atoms with E-state index in [9.17, 15) is 9.59 Å². The van der Waals surface area contributed by atoms with Gasteiger partial charge >= 0.3 is 0 Å². The van der Waals surface area contributed by atoms with Crippen LogP contribution >= 0.6 is 11.6 Å². The van der Waals surface area contributed by atoms with Crippen LogP contribution < -0.4 is 0 Å². The van der Waals surface area contributed by atoms with Crippen LogP contribution in [-0.2, 0) is 0 Å². The number of aromatic amines is 1. The third-order valence-electron chi connectivity index (χ3n) is 2.69. The number of rotatable bonds is 4. The van der Waals surface area contributed by atoms with Crippen molar-refractivity contribution in [3.05, 3.63) is 58.4 Å². The molecule has 0 radical (unpaired) electrons. The fourth-order valence-corrected chi connectivity index (χ4v) is 1.78. The number of hydrogen-bond acceptors (Lipinski definition) is 2. The SMILES string of the molecule is CN(C)C=NC(=O)c1cc(C(=O)c2ccc(Cl)cc2)c[nH]1. The van der Waals surface area contributed by atoms with Crippen LogP contribution in [0, 0.1) is 0 Å². The Labute approximate surface area is 127 Å². The molecule has 2 aromatic rings. The molecule has 0 aliphatic rings. The first-order valence-corrected chi connectivity index (χ1v) is 6.59. The molecule has 1 N–H and O–H groups in total. The number of aliphatic imine (C=N–C) groups is 1. The number of ketones is 1. The number of benzene rings is 1. The van der Waals surface area contributed by atoms with Crippen LogP contribution in [0.5, 0.6) is 0 Å². The van der Waals surface area contributed by atoms with Crippen LogP contribution in [0.3, 0.4) is 0 Å². The smallest absolute Gasteiger partial charge is 0.294 e. The average molecular weight is 304 g/mol. The van der Waals surface area contributed by atoms with Gasteiger partial charge in [0.15, 0.2) is 5.78 Å². The van der Waals surface area contributed by atoms with E-state index < -0.39 is 5.91 Å². The number of hydrogen-bond donors (Lipinski definition) is 1. The summed E-state index contributed by atoms with van der Waals surface area (Å²) in [5.74, 6) is -0.614. The van der Waals surface area contributed by atoms with Gasteiger partial charge in [0.05, 0.1) is 6.34 Å². The van der Waals surface area contributed by atoms with Gasteiger partial charge in [-0.3, -0.25) is 9.59 Å². The van der Waals surface area contributed by atoms with Crippen LogP contribution in [0.25, 0.3) is 0 Å². The number of nitrogens with one attached hydrogen (secondary N) is 1. The van der Waals surface area contributed by atoms with Crippen molar-refractivity contribution in [1.82, 2.24) is 9.88 Å². The molecule has 1 heterocycles. The van der Waals surface area contributed by atoms with Gasteiger partial charge in [0.1, 0.15) is 5.69 Å². The van der Waals surface area contributed by atoms with Crippen molar-refractivity contribution in [2.45, 2.75) is 0 Å². The van der Waals surface area contributed by atoms with Crippen molar-refractivity contribution >= 4 is 29.6 Å². The Morgan fingerprint density at radius 3 is 2.48 bits per heavy atom. The van der Waals surface area contributed by atoms with E-state index in [-0.39, 0.29) is 11.5 Å². The molecule has 0 saturated heterocycles. The van der Waals surface area contributed by atoms with Gasteiger partial charge < -0.3 is 9.88 Å². The van der Waals surface area contributed by atoms with Crippen LogP contribution in [0.15, 0.2) is 41.5 Å². The van der Waals surface area contributed by atoms with Gasteiger partial charge in [-0.15, -0.1) is 0 Å². The lowest BCUT2D eigenvalue weighted by Crippen LogP contribution is -2.09. The zero-order valence-corrected chi connectivity index (χ0v) is 12.4. The predicted octanol–water partition coefficient (Wildman–Crippen LogP) is 2.63. The lowest BCUT2D eigenvalue weighted by Gasteiger charge is -2.00. The monoisotopic (exact) mass is 303 g/mol. The minimum absolute atomic E-state index is 0.182. The summed E-state index contributed by atoms with van der Waals surface area (Å²) in [7, 11) is 3.53. The Hall–Kier alpha value is -2.40. The van der Waals surface area contributed by atoms with Gasteiger partial charge in [-0.05, 0) is 30.3 Å². The van der Waals surface area contributed by atoms with Crippen LogP contribution in [0.4, 0.5) is 0 Å². The van der Waals surface area contributed by atoms with E-state index in [1.165, 1.54) is 18.6 Å². The number of amides is 1. The Balaban J connectivity index is 2.18. The summed E-state index contributed by atoms with van der Waals surface area (Å²) < 4.78 is 0. The molecule has 0 spiro atoms. The van der Waals surface area contributed by atoms with Crippen molar-refractivity contribution in [2.24, 2.45) is 4.99 Å². The maximum Gasteiger partial charge on any atom is 0.294 e. The predicted molar refractivity (Wildman–Crippen MR) is 82.2 cm³/mol. The van der Waals surface area contributed by atoms with Gasteiger partial charge in [-0.25, -0.2) is 0 Å². The zero-order valence-electron chi connectivity index (χ0n) is 11.6. The normalized spacial score (nSPS) is 10.8. The number of nitrogens with zero attached hydrogens (tertiary/aromatic N) is 2. The summed E-state index contributed by atoms with van der Waals surface area (Å²) in [6.45, 7) is 0. The molecule has 0 atom stereocenters. The maximum absolute atomic E-state index is 12.2. The number of aromatic nitrogens is 1. The standard InChI is InChI=1S/C15H14ClN3O2/c1-19(2)9-18-15(21)13-7-11(8-17-13)14(20)10-3-5-12(16)6-4-10/h3-9,17H,1-2H3. The van der Waals surface area contributed by atoms with Crippen LogP contribution in [0.1, 0.15) is 26.4 Å². The van der Waals surface area contributed by atoms with Gasteiger partial charge in [-0.2, -0.15) is 4.99 Å². The topological polar surface area (TPSA) is 65.5 Å². The van der Waals surface area contributed by atoms with Crippen LogP contribution in [0.2, 0.25) is 5.02 Å². The van der Waals surface area contributed by atoms with E-state index in [4.69, 9.17) is 11.6 Å². The highest BCUT2D eigenvalue weighted by Gasteiger charge is 2.14. The van der Waals surface area contributed by atoms with E-state index >= 15 is 0 Å². The first-order chi connectivity index (χ1) is 9.97. The Bertz CT molecular complexity index is 687. The van der Waals surface area contributed by atoms with Gasteiger partial charge in [0.2, 0.25) is 0 Å². The molecule has 21 heavy (non-hydrogen) atoms. The summed E-state index contributed by atoms with van der Waals surface area (Å²) in [4.78, 5) is 32.2. The molecule has 0 bridgehead atoms. The first-order valence-electron chi connectivity index (χ1n) is 6.21. The molecule has 2 rings (SSSR count). The molecular formula is C15H14ClN3O2. The van der Waals surface area contributed by atoms with E-state index in [0.717, 1.165) is 0 Å². The van der Waals surface area contributed by atoms with Crippen molar-refractivity contribution in [3.63, 3.8) is 0 Å². The third kappa shape index (κ3) is 3.79. The number of carbonyl (C=O) groups excluding carboxylic acids is 2. The largest absolute Gasteiger partial charge is 0.369 e. The molecule has 1 amide bonds. The van der Waals surface area contributed by atoms with Gasteiger partial charge in [0, 0.05) is 36.4 Å². The number of carbonyl (C=O) groups is 2. The fourth-order valence-electron chi connectivity index (χ4n) is 1.65. The number of halogens is 1. The molecule has 0 fully saturated rings. The lowest BCUT2D eigenvalue weighted by atomic mass is 10.1. The Kier molecular flexibility index (Phi) is 4.55. The van der Waals surface area contributed by atoms with E-state index in [1.807, 2.05) is 0 Å². The van der Waals surface area contributed by atoms with Gasteiger partial charge in [0.25, 0.3) is 5.91 Å². The maximum atomic E-state index is 12.2. The second-order valence-corrected chi connectivity index (χ2v) is 5.09. The summed E-state index contributed by atoms with van der Waals surface area (Å²) in [5.41, 5.74) is 1.18. The van der Waals surface area contributed by atoms with Crippen molar-refractivity contribution < 1.29 is 9.59 Å². The molecule has 1 aromatic carbocycles. The average Bonchev–Trinajstić information content (AvgIpc) is 2.94. The quantitative estimate of drug-likeness (QED) is 0.536. The van der Waals surface area contributed by atoms with Crippen molar-refractivity contribution in [1.29, 1.82) is 0 Å².